The van der Waals surface area contributed by atoms with Gasteiger partial charge in [0.05, 0.1) is 24.1 Å². The molecule has 2 atom stereocenters. The largest absolute Gasteiger partial charge is 0.416 e. The van der Waals surface area contributed by atoms with Gasteiger partial charge in [-0.15, -0.1) is 0 Å². The molecule has 4 nitrogen and oxygen atoms in total. The molecule has 152 valence electrons. The molecule has 0 fully saturated rings. The first-order chi connectivity index (χ1) is 13.7. The highest BCUT2D eigenvalue weighted by Crippen LogP contribution is 2.33. The second kappa shape index (κ2) is 8.11. The lowest BCUT2D eigenvalue weighted by atomic mass is 9.93. The van der Waals surface area contributed by atoms with Crippen molar-refractivity contribution in [3.63, 3.8) is 0 Å². The van der Waals surface area contributed by atoms with Crippen LogP contribution in [0.25, 0.3) is 6.08 Å². The summed E-state index contributed by atoms with van der Waals surface area (Å²) in [4.78, 5) is 26.2. The van der Waals surface area contributed by atoms with Crippen LogP contribution in [0.15, 0.2) is 54.7 Å². The third-order valence-electron chi connectivity index (χ3n) is 4.94. The Hall–Kier alpha value is -3.09. The maximum Gasteiger partial charge on any atom is 0.416 e. The van der Waals surface area contributed by atoms with Crippen molar-refractivity contribution in [3.8, 4) is 0 Å². The van der Waals surface area contributed by atoms with Gasteiger partial charge < -0.3 is 10.2 Å². The summed E-state index contributed by atoms with van der Waals surface area (Å²) in [5.74, 6) is -0.546. The number of hydrogen-bond acceptors (Lipinski definition) is 2. The molecule has 0 radical (unpaired) electrons. The van der Waals surface area contributed by atoms with Crippen LogP contribution in [0.3, 0.4) is 0 Å². The summed E-state index contributed by atoms with van der Waals surface area (Å²) in [5, 5.41) is 2.74. The van der Waals surface area contributed by atoms with E-state index in [1.807, 2.05) is 30.3 Å². The number of carbonyl (C=O) groups excluding carboxylic acids is 2. The average Bonchev–Trinajstić information content (AvgIpc) is 2.67. The Labute approximate surface area is 167 Å². The molecule has 1 aliphatic heterocycles. The number of benzene rings is 2. The van der Waals surface area contributed by atoms with Gasteiger partial charge in [-0.1, -0.05) is 36.4 Å². The normalized spacial score (nSPS) is 16.9. The van der Waals surface area contributed by atoms with E-state index in [4.69, 9.17) is 0 Å². The van der Waals surface area contributed by atoms with Gasteiger partial charge in [-0.05, 0) is 41.8 Å². The third kappa shape index (κ3) is 4.67. The van der Waals surface area contributed by atoms with Crippen LogP contribution < -0.4 is 5.32 Å². The fourth-order valence-corrected chi connectivity index (χ4v) is 3.46. The molecule has 3 rings (SSSR count). The minimum Gasteiger partial charge on any atom is -0.350 e. The van der Waals surface area contributed by atoms with Gasteiger partial charge in [-0.3, -0.25) is 9.59 Å². The maximum absolute atomic E-state index is 12.9. The number of fused-ring (bicyclic) bond motifs is 1. The Morgan fingerprint density at radius 2 is 1.86 bits per heavy atom. The van der Waals surface area contributed by atoms with Crippen molar-refractivity contribution in [2.24, 2.45) is 0 Å². The quantitative estimate of drug-likeness (QED) is 0.795. The van der Waals surface area contributed by atoms with E-state index in [0.717, 1.165) is 23.3 Å². The van der Waals surface area contributed by atoms with Crippen molar-refractivity contribution >= 4 is 17.9 Å². The van der Waals surface area contributed by atoms with E-state index < -0.39 is 23.8 Å². The minimum absolute atomic E-state index is 0.00420. The Balaban J connectivity index is 1.76. The number of nitrogens with zero attached hydrogens (tertiary/aromatic N) is 1. The third-order valence-corrected chi connectivity index (χ3v) is 4.94. The van der Waals surface area contributed by atoms with Crippen LogP contribution in [0.4, 0.5) is 13.2 Å². The molecule has 0 unspecified atom stereocenters. The average molecular weight is 402 g/mol. The number of amides is 2. The van der Waals surface area contributed by atoms with Crippen LogP contribution in [0.1, 0.15) is 54.6 Å². The van der Waals surface area contributed by atoms with E-state index >= 15 is 0 Å². The number of hydrogen-bond donors (Lipinski definition) is 1. The van der Waals surface area contributed by atoms with Crippen molar-refractivity contribution in [1.29, 1.82) is 0 Å². The van der Waals surface area contributed by atoms with Crippen LogP contribution >= 0.6 is 0 Å². The Morgan fingerprint density at radius 1 is 1.14 bits per heavy atom. The number of rotatable bonds is 4. The molecule has 0 saturated carbocycles. The fourth-order valence-electron chi connectivity index (χ4n) is 3.46. The summed E-state index contributed by atoms with van der Waals surface area (Å²) in [7, 11) is 0. The molecule has 2 amide bonds. The van der Waals surface area contributed by atoms with Gasteiger partial charge >= 0.3 is 6.18 Å². The molecule has 7 heteroatoms. The SMILES string of the molecule is CC(=O)N1C=Cc2ccccc2[C@@H]1CC(=O)N[C@@H](C)c1cccc(C(F)(F)F)c1. The number of alkyl halides is 3. The molecule has 2 aromatic carbocycles. The highest BCUT2D eigenvalue weighted by Gasteiger charge is 2.31. The molecule has 1 N–H and O–H groups in total. The van der Waals surface area contributed by atoms with Crippen molar-refractivity contribution in [2.75, 3.05) is 0 Å². The van der Waals surface area contributed by atoms with E-state index in [9.17, 15) is 22.8 Å². The summed E-state index contributed by atoms with van der Waals surface area (Å²) in [5.41, 5.74) is 1.38. The topological polar surface area (TPSA) is 49.4 Å². The lowest BCUT2D eigenvalue weighted by Crippen LogP contribution is -2.36. The van der Waals surface area contributed by atoms with Gasteiger partial charge in [-0.25, -0.2) is 0 Å². The molecule has 0 bridgehead atoms. The standard InChI is InChI=1S/C22H21F3N2O2/c1-14(17-7-5-8-18(12-17)22(23,24)25)26-21(29)13-20-19-9-4-3-6-16(19)10-11-27(20)15(2)28/h3-12,14,20H,13H2,1-2H3,(H,26,29)/t14-,20-/m0/s1. The van der Waals surface area contributed by atoms with Crippen molar-refractivity contribution in [2.45, 2.75) is 38.5 Å². The zero-order chi connectivity index (χ0) is 21.2. The summed E-state index contributed by atoms with van der Waals surface area (Å²) in [6, 6.07) is 11.3. The van der Waals surface area contributed by atoms with E-state index in [1.54, 1.807) is 19.2 Å². The Morgan fingerprint density at radius 3 is 2.55 bits per heavy atom. The zero-order valence-corrected chi connectivity index (χ0v) is 16.0. The predicted octanol–water partition coefficient (Wildman–Crippen LogP) is 4.85. The van der Waals surface area contributed by atoms with Gasteiger partial charge in [0.2, 0.25) is 11.8 Å². The van der Waals surface area contributed by atoms with Crippen LogP contribution in [0.5, 0.6) is 0 Å². The summed E-state index contributed by atoms with van der Waals surface area (Å²) in [6.07, 6.45) is -0.973. The van der Waals surface area contributed by atoms with Crippen molar-refractivity contribution in [3.05, 3.63) is 77.0 Å². The summed E-state index contributed by atoms with van der Waals surface area (Å²) in [6.45, 7) is 3.05. The Kier molecular flexibility index (Phi) is 5.77. The first-order valence-electron chi connectivity index (χ1n) is 9.19. The van der Waals surface area contributed by atoms with Crippen molar-refractivity contribution < 1.29 is 22.8 Å². The summed E-state index contributed by atoms with van der Waals surface area (Å²) < 4.78 is 38.8. The molecule has 0 aliphatic carbocycles. The number of carbonyl (C=O) groups is 2. The Bertz CT molecular complexity index is 953. The van der Waals surface area contributed by atoms with Crippen LogP contribution in [0, 0.1) is 0 Å². The van der Waals surface area contributed by atoms with E-state index in [-0.39, 0.29) is 18.2 Å². The number of halogens is 3. The van der Waals surface area contributed by atoms with E-state index in [0.29, 0.717) is 5.56 Å². The predicted molar refractivity (Wildman–Crippen MR) is 103 cm³/mol. The second-order valence-electron chi connectivity index (χ2n) is 7.00. The molecule has 1 heterocycles. The smallest absolute Gasteiger partial charge is 0.350 e. The number of nitrogens with one attached hydrogen (secondary N) is 1. The van der Waals surface area contributed by atoms with Gasteiger partial charge in [0, 0.05) is 13.1 Å². The monoisotopic (exact) mass is 402 g/mol. The molecule has 2 aromatic rings. The van der Waals surface area contributed by atoms with Crippen LogP contribution in [-0.2, 0) is 15.8 Å². The van der Waals surface area contributed by atoms with E-state index in [1.165, 1.54) is 17.9 Å². The maximum atomic E-state index is 12.9. The molecule has 0 saturated heterocycles. The summed E-state index contributed by atoms with van der Waals surface area (Å²) >= 11 is 0. The second-order valence-corrected chi connectivity index (χ2v) is 7.00. The van der Waals surface area contributed by atoms with Gasteiger partial charge in [0.15, 0.2) is 0 Å². The van der Waals surface area contributed by atoms with Gasteiger partial charge in [0.25, 0.3) is 0 Å². The first kappa shape index (κ1) is 20.6. The highest BCUT2D eigenvalue weighted by atomic mass is 19.4. The molecule has 1 aliphatic rings. The molecule has 0 aromatic heterocycles. The molecule has 0 spiro atoms. The van der Waals surface area contributed by atoms with E-state index in [2.05, 4.69) is 5.32 Å². The van der Waals surface area contributed by atoms with Crippen molar-refractivity contribution in [1.82, 2.24) is 10.2 Å². The zero-order valence-electron chi connectivity index (χ0n) is 16.0. The van der Waals surface area contributed by atoms with Gasteiger partial charge in [-0.2, -0.15) is 13.2 Å². The molecule has 29 heavy (non-hydrogen) atoms. The lowest BCUT2D eigenvalue weighted by molar-refractivity contribution is -0.137. The van der Waals surface area contributed by atoms with Crippen LogP contribution in [-0.4, -0.2) is 16.7 Å². The van der Waals surface area contributed by atoms with Crippen LogP contribution in [0.2, 0.25) is 0 Å². The molecular weight excluding hydrogens is 381 g/mol. The molecular formula is C22H21F3N2O2. The minimum atomic E-state index is -4.44. The lowest BCUT2D eigenvalue weighted by Gasteiger charge is -2.32. The highest BCUT2D eigenvalue weighted by molar-refractivity contribution is 5.82. The first-order valence-corrected chi connectivity index (χ1v) is 9.19. The van der Waals surface area contributed by atoms with Gasteiger partial charge in [0.1, 0.15) is 0 Å². The fraction of sp³-hybridized carbons (Fsp3) is 0.273.